The molecular weight excluding hydrogens is 430 g/mol. The van der Waals surface area contributed by atoms with E-state index in [1.165, 1.54) is 0 Å². The SMILES string of the molecule is CCOC(=O)C1=C(N[C@@H](Cc2ccc(OC)c(OC)c2)C(=O)OCC)CCC2(C1)OCCO2. The molecule has 1 fully saturated rings. The molecule has 9 nitrogen and oxygen atoms in total. The van der Waals surface area contributed by atoms with Gasteiger partial charge in [0.25, 0.3) is 0 Å². The molecule has 0 bridgehead atoms. The first-order valence-electron chi connectivity index (χ1n) is 11.3. The van der Waals surface area contributed by atoms with Crippen molar-refractivity contribution >= 4 is 11.9 Å². The summed E-state index contributed by atoms with van der Waals surface area (Å²) in [4.78, 5) is 25.6. The Morgan fingerprint density at radius 1 is 1.06 bits per heavy atom. The van der Waals surface area contributed by atoms with Crippen LogP contribution >= 0.6 is 0 Å². The number of rotatable bonds is 10. The molecule has 33 heavy (non-hydrogen) atoms. The zero-order chi connectivity index (χ0) is 23.8. The van der Waals surface area contributed by atoms with Crippen molar-refractivity contribution < 1.29 is 38.0 Å². The Bertz CT molecular complexity index is 875. The van der Waals surface area contributed by atoms with Gasteiger partial charge in [0.05, 0.1) is 46.2 Å². The summed E-state index contributed by atoms with van der Waals surface area (Å²) in [7, 11) is 3.13. The topological polar surface area (TPSA) is 102 Å². The molecule has 1 aromatic rings. The minimum absolute atomic E-state index is 0.247. The van der Waals surface area contributed by atoms with Crippen molar-refractivity contribution in [2.24, 2.45) is 0 Å². The lowest BCUT2D eigenvalue weighted by atomic mass is 9.90. The van der Waals surface area contributed by atoms with Crippen LogP contribution in [0.2, 0.25) is 0 Å². The van der Waals surface area contributed by atoms with Crippen LogP contribution in [0, 0.1) is 0 Å². The van der Waals surface area contributed by atoms with E-state index in [2.05, 4.69) is 5.32 Å². The molecule has 9 heteroatoms. The maximum Gasteiger partial charge on any atom is 0.335 e. The van der Waals surface area contributed by atoms with Gasteiger partial charge in [-0.05, 0) is 38.0 Å². The Morgan fingerprint density at radius 2 is 1.76 bits per heavy atom. The van der Waals surface area contributed by atoms with Crippen molar-refractivity contribution in [2.75, 3.05) is 40.6 Å². The smallest absolute Gasteiger partial charge is 0.335 e. The van der Waals surface area contributed by atoms with E-state index in [0.717, 1.165) is 5.56 Å². The molecule has 1 aliphatic heterocycles. The van der Waals surface area contributed by atoms with Gasteiger partial charge in [0.1, 0.15) is 6.04 Å². The number of carbonyl (C=O) groups is 2. The fourth-order valence-electron chi connectivity index (χ4n) is 4.14. The minimum atomic E-state index is -0.809. The predicted octanol–water partition coefficient (Wildman–Crippen LogP) is 2.51. The van der Waals surface area contributed by atoms with Gasteiger partial charge >= 0.3 is 11.9 Å². The first-order valence-corrected chi connectivity index (χ1v) is 11.3. The molecule has 1 heterocycles. The van der Waals surface area contributed by atoms with Gasteiger partial charge in [-0.3, -0.25) is 0 Å². The Kier molecular flexibility index (Phi) is 8.57. The number of methoxy groups -OCH3 is 2. The monoisotopic (exact) mass is 463 g/mol. The third kappa shape index (κ3) is 5.97. The Balaban J connectivity index is 1.88. The van der Waals surface area contributed by atoms with Crippen LogP contribution < -0.4 is 14.8 Å². The Labute approximate surface area is 194 Å². The lowest BCUT2D eigenvalue weighted by molar-refractivity contribution is -0.169. The van der Waals surface area contributed by atoms with E-state index in [0.29, 0.717) is 55.2 Å². The molecule has 2 aliphatic rings. The van der Waals surface area contributed by atoms with E-state index >= 15 is 0 Å². The molecule has 0 amide bonds. The maximum atomic E-state index is 12.8. The quantitative estimate of drug-likeness (QED) is 0.525. The lowest BCUT2D eigenvalue weighted by Crippen LogP contribution is -2.44. The largest absolute Gasteiger partial charge is 0.493 e. The number of benzene rings is 1. The second kappa shape index (κ2) is 11.4. The van der Waals surface area contributed by atoms with Gasteiger partial charge in [-0.2, -0.15) is 0 Å². The van der Waals surface area contributed by atoms with Gasteiger partial charge < -0.3 is 33.7 Å². The zero-order valence-electron chi connectivity index (χ0n) is 19.7. The number of carbonyl (C=O) groups excluding carboxylic acids is 2. The highest BCUT2D eigenvalue weighted by atomic mass is 16.7. The van der Waals surface area contributed by atoms with Gasteiger partial charge in [0.2, 0.25) is 0 Å². The molecule has 1 aromatic carbocycles. The molecule has 3 rings (SSSR count). The van der Waals surface area contributed by atoms with Gasteiger partial charge in [-0.1, -0.05) is 6.07 Å². The highest BCUT2D eigenvalue weighted by Crippen LogP contribution is 2.39. The van der Waals surface area contributed by atoms with Crippen LogP contribution in [0.5, 0.6) is 11.5 Å². The van der Waals surface area contributed by atoms with Crippen molar-refractivity contribution in [1.82, 2.24) is 5.32 Å². The fraction of sp³-hybridized carbons (Fsp3) is 0.583. The van der Waals surface area contributed by atoms with Gasteiger partial charge in [0.15, 0.2) is 17.3 Å². The number of allylic oxidation sites excluding steroid dienone is 1. The summed E-state index contributed by atoms with van der Waals surface area (Å²) in [6.07, 6.45) is 1.65. The molecule has 1 atom stereocenters. The van der Waals surface area contributed by atoms with Gasteiger partial charge in [-0.15, -0.1) is 0 Å². The van der Waals surface area contributed by atoms with Crippen LogP contribution in [-0.4, -0.2) is 64.4 Å². The standard InChI is InChI=1S/C24H33NO8/c1-5-30-22(26)17-15-24(32-11-12-33-24)10-9-18(17)25-19(23(27)31-6-2)13-16-7-8-20(28-3)21(14-16)29-4/h7-8,14,19,25H,5-6,9-13,15H2,1-4H3/t19-/m0/s1. The molecule has 1 spiro atoms. The molecule has 0 saturated carbocycles. The maximum absolute atomic E-state index is 12.8. The summed E-state index contributed by atoms with van der Waals surface area (Å²) >= 11 is 0. The molecule has 0 radical (unpaired) electrons. The second-order valence-corrected chi connectivity index (χ2v) is 7.80. The second-order valence-electron chi connectivity index (χ2n) is 7.80. The van der Waals surface area contributed by atoms with E-state index in [1.54, 1.807) is 34.1 Å². The van der Waals surface area contributed by atoms with Crippen LogP contribution in [0.1, 0.15) is 38.7 Å². The van der Waals surface area contributed by atoms with Gasteiger partial charge in [0, 0.05) is 25.0 Å². The first kappa shape index (κ1) is 24.9. The number of hydrogen-bond acceptors (Lipinski definition) is 9. The summed E-state index contributed by atoms with van der Waals surface area (Å²) in [5.74, 6) is -0.484. The van der Waals surface area contributed by atoms with Crippen LogP contribution in [0.25, 0.3) is 0 Å². The highest BCUT2D eigenvalue weighted by Gasteiger charge is 2.43. The van der Waals surface area contributed by atoms with E-state index in [4.69, 9.17) is 28.4 Å². The van der Waals surface area contributed by atoms with Crippen LogP contribution in [0.3, 0.4) is 0 Å². The highest BCUT2D eigenvalue weighted by molar-refractivity contribution is 5.90. The molecule has 182 valence electrons. The van der Waals surface area contributed by atoms with Crippen molar-refractivity contribution in [3.05, 3.63) is 35.0 Å². The summed E-state index contributed by atoms with van der Waals surface area (Å²) in [5.41, 5.74) is 1.94. The van der Waals surface area contributed by atoms with E-state index in [1.807, 2.05) is 12.1 Å². The summed E-state index contributed by atoms with van der Waals surface area (Å²) in [5, 5.41) is 3.27. The summed E-state index contributed by atoms with van der Waals surface area (Å²) in [6, 6.07) is 4.77. The van der Waals surface area contributed by atoms with Crippen LogP contribution in [0.4, 0.5) is 0 Å². The lowest BCUT2D eigenvalue weighted by Gasteiger charge is -2.35. The third-order valence-electron chi connectivity index (χ3n) is 5.71. The fourth-order valence-corrected chi connectivity index (χ4v) is 4.14. The summed E-state index contributed by atoms with van der Waals surface area (Å²) < 4.78 is 32.9. The van der Waals surface area contributed by atoms with Crippen LogP contribution in [0.15, 0.2) is 29.5 Å². The summed E-state index contributed by atoms with van der Waals surface area (Å²) in [6.45, 7) is 4.99. The number of hydrogen-bond donors (Lipinski definition) is 1. The normalized spacial score (nSPS) is 18.1. The third-order valence-corrected chi connectivity index (χ3v) is 5.71. The van der Waals surface area contributed by atoms with Crippen molar-refractivity contribution in [3.63, 3.8) is 0 Å². The van der Waals surface area contributed by atoms with E-state index < -0.39 is 23.8 Å². The molecule has 1 saturated heterocycles. The van der Waals surface area contributed by atoms with Crippen molar-refractivity contribution in [1.29, 1.82) is 0 Å². The van der Waals surface area contributed by atoms with Crippen molar-refractivity contribution in [3.8, 4) is 11.5 Å². The Hall–Kier alpha value is -2.78. The van der Waals surface area contributed by atoms with E-state index in [9.17, 15) is 9.59 Å². The van der Waals surface area contributed by atoms with E-state index in [-0.39, 0.29) is 19.6 Å². The Morgan fingerprint density at radius 3 is 2.39 bits per heavy atom. The average Bonchev–Trinajstić information content (AvgIpc) is 3.27. The van der Waals surface area contributed by atoms with Crippen molar-refractivity contribution in [2.45, 2.75) is 51.4 Å². The zero-order valence-corrected chi connectivity index (χ0v) is 19.7. The minimum Gasteiger partial charge on any atom is -0.493 e. The number of ether oxygens (including phenoxy) is 6. The van der Waals surface area contributed by atoms with Gasteiger partial charge in [-0.25, -0.2) is 9.59 Å². The average molecular weight is 464 g/mol. The molecule has 0 aromatic heterocycles. The number of esters is 2. The molecule has 1 N–H and O–H groups in total. The molecule has 1 aliphatic carbocycles. The first-order chi connectivity index (χ1) is 15.9. The molecular formula is C24H33NO8. The van der Waals surface area contributed by atoms with Crippen LogP contribution in [-0.2, 0) is 35.0 Å². The molecule has 0 unspecified atom stereocenters. The predicted molar refractivity (Wildman–Crippen MR) is 119 cm³/mol. The number of nitrogens with one attached hydrogen (secondary N) is 1.